The summed E-state index contributed by atoms with van der Waals surface area (Å²) >= 11 is 0. The number of hydrogen-bond acceptors (Lipinski definition) is 6. The molecule has 0 saturated heterocycles. The fourth-order valence-electron chi connectivity index (χ4n) is 1.22. The van der Waals surface area contributed by atoms with Crippen LogP contribution in [0.5, 0.6) is 0 Å². The van der Waals surface area contributed by atoms with E-state index in [2.05, 4.69) is 15.5 Å². The normalized spacial score (nSPS) is 10.6. The van der Waals surface area contributed by atoms with Gasteiger partial charge in [0.15, 0.2) is 5.76 Å². The lowest BCUT2D eigenvalue weighted by Crippen LogP contribution is -2.17. The van der Waals surface area contributed by atoms with Crippen molar-refractivity contribution in [1.29, 1.82) is 0 Å². The van der Waals surface area contributed by atoms with Gasteiger partial charge in [0.05, 0.1) is 19.2 Å². The summed E-state index contributed by atoms with van der Waals surface area (Å²) in [6.07, 6.45) is 1.58. The molecule has 0 unspecified atom stereocenters. The van der Waals surface area contributed by atoms with Crippen LogP contribution in [0.4, 0.5) is 0 Å². The maximum Gasteiger partial charge on any atom is 0.304 e. The van der Waals surface area contributed by atoms with Gasteiger partial charge in [-0.2, -0.15) is 4.98 Å². The predicted octanol–water partition coefficient (Wildman–Crippen LogP) is 0.894. The average molecular weight is 237 g/mol. The Bertz CT molecular complexity index is 477. The van der Waals surface area contributed by atoms with Crippen molar-refractivity contribution in [2.24, 2.45) is 0 Å². The van der Waals surface area contributed by atoms with Gasteiger partial charge in [-0.1, -0.05) is 5.16 Å². The molecule has 2 N–H and O–H groups in total. The highest BCUT2D eigenvalue weighted by molar-refractivity contribution is 5.66. The first-order chi connectivity index (χ1) is 8.25. The van der Waals surface area contributed by atoms with E-state index in [1.165, 1.54) is 6.26 Å². The molecule has 0 aliphatic rings. The van der Waals surface area contributed by atoms with E-state index in [-0.39, 0.29) is 6.42 Å². The summed E-state index contributed by atoms with van der Waals surface area (Å²) in [7, 11) is 0. The SMILES string of the molecule is O=C(O)CCNCc1nc(-c2ccco2)no1. The molecule has 2 aromatic rings. The van der Waals surface area contributed by atoms with Crippen LogP contribution in [0.2, 0.25) is 0 Å². The lowest BCUT2D eigenvalue weighted by molar-refractivity contribution is -0.136. The van der Waals surface area contributed by atoms with Crippen molar-refractivity contribution in [2.45, 2.75) is 13.0 Å². The molecule has 0 saturated carbocycles. The third kappa shape index (κ3) is 3.15. The largest absolute Gasteiger partial charge is 0.481 e. The van der Waals surface area contributed by atoms with Crippen molar-refractivity contribution in [2.75, 3.05) is 6.54 Å². The Hall–Kier alpha value is -2.15. The van der Waals surface area contributed by atoms with Gasteiger partial charge >= 0.3 is 5.97 Å². The molecule has 0 radical (unpaired) electrons. The number of nitrogens with one attached hydrogen (secondary N) is 1. The van der Waals surface area contributed by atoms with Gasteiger partial charge in [-0.25, -0.2) is 0 Å². The van der Waals surface area contributed by atoms with Gasteiger partial charge in [0.1, 0.15) is 0 Å². The number of nitrogens with zero attached hydrogens (tertiary/aromatic N) is 2. The van der Waals surface area contributed by atoms with Gasteiger partial charge in [-0.05, 0) is 12.1 Å². The number of aliphatic carboxylic acids is 1. The Kier molecular flexibility index (Phi) is 3.51. The van der Waals surface area contributed by atoms with Crippen molar-refractivity contribution in [1.82, 2.24) is 15.5 Å². The second-order valence-electron chi connectivity index (χ2n) is 3.31. The molecule has 0 atom stereocenters. The fraction of sp³-hybridized carbons (Fsp3) is 0.300. The molecule has 0 bridgehead atoms. The highest BCUT2D eigenvalue weighted by Gasteiger charge is 2.10. The molecule has 0 spiro atoms. The van der Waals surface area contributed by atoms with Gasteiger partial charge in [0.25, 0.3) is 0 Å². The van der Waals surface area contributed by atoms with Gasteiger partial charge < -0.3 is 19.4 Å². The molecule has 2 aromatic heterocycles. The lowest BCUT2D eigenvalue weighted by atomic mass is 10.4. The van der Waals surface area contributed by atoms with E-state index in [0.29, 0.717) is 30.6 Å². The van der Waals surface area contributed by atoms with Crippen LogP contribution in [0.3, 0.4) is 0 Å². The zero-order chi connectivity index (χ0) is 12.1. The van der Waals surface area contributed by atoms with E-state index < -0.39 is 5.97 Å². The Labute approximate surface area is 96.4 Å². The highest BCUT2D eigenvalue weighted by atomic mass is 16.5. The Morgan fingerprint density at radius 2 is 2.41 bits per heavy atom. The molecule has 7 nitrogen and oxygen atoms in total. The van der Waals surface area contributed by atoms with Gasteiger partial charge in [0.2, 0.25) is 11.7 Å². The van der Waals surface area contributed by atoms with Crippen LogP contribution < -0.4 is 5.32 Å². The van der Waals surface area contributed by atoms with Crippen molar-refractivity contribution >= 4 is 5.97 Å². The number of carbonyl (C=O) groups is 1. The quantitative estimate of drug-likeness (QED) is 0.719. The monoisotopic (exact) mass is 237 g/mol. The smallest absolute Gasteiger partial charge is 0.304 e. The van der Waals surface area contributed by atoms with Gasteiger partial charge in [-0.3, -0.25) is 4.79 Å². The van der Waals surface area contributed by atoms with Crippen LogP contribution in [-0.2, 0) is 11.3 Å². The average Bonchev–Trinajstić information content (AvgIpc) is 2.94. The van der Waals surface area contributed by atoms with E-state index in [9.17, 15) is 4.79 Å². The highest BCUT2D eigenvalue weighted by Crippen LogP contribution is 2.15. The minimum absolute atomic E-state index is 0.0547. The number of aromatic nitrogens is 2. The van der Waals surface area contributed by atoms with Crippen molar-refractivity contribution < 1.29 is 18.8 Å². The second-order valence-corrected chi connectivity index (χ2v) is 3.31. The summed E-state index contributed by atoms with van der Waals surface area (Å²) in [5.74, 6) is 0.455. The number of rotatable bonds is 6. The molecular formula is C10H11N3O4. The van der Waals surface area contributed by atoms with Crippen LogP contribution in [0, 0.1) is 0 Å². The van der Waals surface area contributed by atoms with Crippen LogP contribution in [0.15, 0.2) is 27.3 Å². The first-order valence-corrected chi connectivity index (χ1v) is 5.04. The number of carboxylic acid groups (broad SMARTS) is 1. The van der Waals surface area contributed by atoms with Crippen LogP contribution in [0.1, 0.15) is 12.3 Å². The van der Waals surface area contributed by atoms with Crippen molar-refractivity contribution in [3.63, 3.8) is 0 Å². The Morgan fingerprint density at radius 3 is 3.12 bits per heavy atom. The first kappa shape index (κ1) is 11.3. The fourth-order valence-corrected chi connectivity index (χ4v) is 1.22. The topological polar surface area (TPSA) is 101 Å². The standard InChI is InChI=1S/C10H11N3O4/c14-9(15)3-4-11-6-8-12-10(13-17-8)7-2-1-5-16-7/h1-2,5,11H,3-4,6H2,(H,14,15). The summed E-state index contributed by atoms with van der Waals surface area (Å²) in [6, 6.07) is 3.46. The Morgan fingerprint density at radius 1 is 1.53 bits per heavy atom. The summed E-state index contributed by atoms with van der Waals surface area (Å²) in [4.78, 5) is 14.4. The number of furan rings is 1. The van der Waals surface area contributed by atoms with E-state index in [4.69, 9.17) is 14.0 Å². The van der Waals surface area contributed by atoms with Gasteiger partial charge in [0, 0.05) is 6.54 Å². The van der Waals surface area contributed by atoms with E-state index in [1.54, 1.807) is 12.1 Å². The van der Waals surface area contributed by atoms with Crippen molar-refractivity contribution in [3.8, 4) is 11.6 Å². The molecule has 90 valence electrons. The third-order valence-corrected chi connectivity index (χ3v) is 2.00. The molecule has 0 amide bonds. The van der Waals surface area contributed by atoms with E-state index >= 15 is 0 Å². The maximum atomic E-state index is 10.3. The molecule has 0 aromatic carbocycles. The zero-order valence-corrected chi connectivity index (χ0v) is 8.92. The molecule has 0 fully saturated rings. The van der Waals surface area contributed by atoms with Crippen molar-refractivity contribution in [3.05, 3.63) is 24.3 Å². The Balaban J connectivity index is 1.84. The van der Waals surface area contributed by atoms with E-state index in [1.807, 2.05) is 0 Å². The summed E-state index contributed by atoms with van der Waals surface area (Å²) in [6.45, 7) is 0.689. The molecule has 0 aliphatic carbocycles. The third-order valence-electron chi connectivity index (χ3n) is 2.00. The number of carboxylic acids is 1. The van der Waals surface area contributed by atoms with Crippen LogP contribution in [0.25, 0.3) is 11.6 Å². The van der Waals surface area contributed by atoms with Crippen LogP contribution in [-0.4, -0.2) is 27.8 Å². The number of hydrogen-bond donors (Lipinski definition) is 2. The summed E-state index contributed by atoms with van der Waals surface area (Å²) < 4.78 is 10.1. The summed E-state index contributed by atoms with van der Waals surface area (Å²) in [5.41, 5.74) is 0. The lowest BCUT2D eigenvalue weighted by Gasteiger charge is -1.96. The first-order valence-electron chi connectivity index (χ1n) is 5.04. The molecule has 17 heavy (non-hydrogen) atoms. The molecule has 2 rings (SSSR count). The van der Waals surface area contributed by atoms with Crippen LogP contribution >= 0.6 is 0 Å². The minimum Gasteiger partial charge on any atom is -0.481 e. The molecule has 7 heteroatoms. The second kappa shape index (κ2) is 5.26. The molecular weight excluding hydrogens is 226 g/mol. The summed E-state index contributed by atoms with van der Waals surface area (Å²) in [5, 5.41) is 15.1. The molecule has 2 heterocycles. The zero-order valence-electron chi connectivity index (χ0n) is 8.92. The van der Waals surface area contributed by atoms with Gasteiger partial charge in [-0.15, -0.1) is 0 Å². The predicted molar refractivity (Wildman–Crippen MR) is 56.0 cm³/mol. The van der Waals surface area contributed by atoms with E-state index in [0.717, 1.165) is 0 Å². The maximum absolute atomic E-state index is 10.3. The molecule has 0 aliphatic heterocycles. The minimum atomic E-state index is -0.848.